The molecule has 1 saturated carbocycles. The second-order valence-corrected chi connectivity index (χ2v) is 7.39. The van der Waals surface area contributed by atoms with Gasteiger partial charge >= 0.3 is 0 Å². The molecule has 15 heavy (non-hydrogen) atoms. The molecule has 2 aliphatic carbocycles. The molecule has 84 valence electrons. The lowest BCUT2D eigenvalue weighted by molar-refractivity contribution is 0.187. The van der Waals surface area contributed by atoms with Crippen LogP contribution in [0.15, 0.2) is 12.2 Å². The minimum Gasteiger partial charge on any atom is -0.155 e. The summed E-state index contributed by atoms with van der Waals surface area (Å²) in [6.45, 7) is 0. The Morgan fingerprint density at radius 3 is 2.53 bits per heavy atom. The zero-order valence-electron chi connectivity index (χ0n) is 9.63. The van der Waals surface area contributed by atoms with Crippen LogP contribution in [0, 0.1) is 5.41 Å². The Hall–Kier alpha value is 0.0900. The van der Waals surface area contributed by atoms with Crippen LogP contribution in [-0.4, -0.2) is 10.5 Å². The van der Waals surface area contributed by atoms with Crippen molar-refractivity contribution in [3.8, 4) is 0 Å². The summed E-state index contributed by atoms with van der Waals surface area (Å²) >= 11 is 2.30. The molecule has 0 bridgehead atoms. The van der Waals surface area contributed by atoms with Gasteiger partial charge in [0, 0.05) is 4.75 Å². The second-order valence-electron chi connectivity index (χ2n) is 5.82. The van der Waals surface area contributed by atoms with Crippen LogP contribution in [0.3, 0.4) is 0 Å². The topological polar surface area (TPSA) is 0 Å². The maximum atomic E-state index is 2.59. The third-order valence-corrected chi connectivity index (χ3v) is 6.34. The van der Waals surface area contributed by atoms with Gasteiger partial charge in [-0.15, -0.1) is 0 Å². The third-order valence-electron chi connectivity index (χ3n) is 4.68. The smallest absolute Gasteiger partial charge is 0.0168 e. The monoisotopic (exact) mass is 222 g/mol. The SMILES string of the molecule is C1=CC2(CCC1)CCCC1(CCCS1)C2. The van der Waals surface area contributed by atoms with Gasteiger partial charge in [-0.3, -0.25) is 0 Å². The van der Waals surface area contributed by atoms with Gasteiger partial charge in [0.05, 0.1) is 0 Å². The molecular weight excluding hydrogens is 200 g/mol. The van der Waals surface area contributed by atoms with Crippen LogP contribution in [0.4, 0.5) is 0 Å². The molecule has 1 heterocycles. The fraction of sp³-hybridized carbons (Fsp3) is 0.857. The summed E-state index contributed by atoms with van der Waals surface area (Å²) < 4.78 is 0.708. The molecule has 0 aromatic rings. The molecule has 0 N–H and O–H groups in total. The van der Waals surface area contributed by atoms with Gasteiger partial charge in [0.25, 0.3) is 0 Å². The first-order valence-electron chi connectivity index (χ1n) is 6.64. The van der Waals surface area contributed by atoms with E-state index in [1.807, 2.05) is 0 Å². The normalized spacial score (nSPS) is 45.3. The van der Waals surface area contributed by atoms with Crippen LogP contribution in [0.5, 0.6) is 0 Å². The van der Waals surface area contributed by atoms with Gasteiger partial charge in [-0.05, 0) is 62.5 Å². The minimum absolute atomic E-state index is 0.633. The maximum Gasteiger partial charge on any atom is 0.0168 e. The Balaban J connectivity index is 1.80. The zero-order valence-corrected chi connectivity index (χ0v) is 10.5. The highest BCUT2D eigenvalue weighted by Gasteiger charge is 2.45. The van der Waals surface area contributed by atoms with Crippen molar-refractivity contribution >= 4 is 11.8 Å². The molecule has 2 unspecified atom stereocenters. The number of rotatable bonds is 0. The first-order valence-corrected chi connectivity index (χ1v) is 7.63. The summed E-state index contributed by atoms with van der Waals surface area (Å²) in [4.78, 5) is 0. The predicted molar refractivity (Wildman–Crippen MR) is 68.3 cm³/mol. The Morgan fingerprint density at radius 2 is 1.80 bits per heavy atom. The molecule has 0 nitrogen and oxygen atoms in total. The van der Waals surface area contributed by atoms with Gasteiger partial charge in [0.1, 0.15) is 0 Å². The second kappa shape index (κ2) is 3.84. The molecule has 2 atom stereocenters. The van der Waals surface area contributed by atoms with E-state index in [2.05, 4.69) is 23.9 Å². The maximum absolute atomic E-state index is 2.59. The average molecular weight is 222 g/mol. The number of thioether (sulfide) groups is 1. The molecule has 2 spiro atoms. The molecule has 0 aromatic heterocycles. The summed E-state index contributed by atoms with van der Waals surface area (Å²) in [5.41, 5.74) is 0.633. The van der Waals surface area contributed by atoms with Gasteiger partial charge in [-0.25, -0.2) is 0 Å². The Labute approximate surface area is 97.9 Å². The van der Waals surface area contributed by atoms with E-state index in [0.29, 0.717) is 10.2 Å². The van der Waals surface area contributed by atoms with E-state index in [1.165, 1.54) is 63.5 Å². The summed E-state index contributed by atoms with van der Waals surface area (Å²) in [6.07, 6.45) is 18.3. The predicted octanol–water partition coefficient (Wildman–Crippen LogP) is 4.55. The van der Waals surface area contributed by atoms with Gasteiger partial charge in [-0.2, -0.15) is 11.8 Å². The Bertz CT molecular complexity index is 263. The van der Waals surface area contributed by atoms with Crippen molar-refractivity contribution in [2.75, 3.05) is 5.75 Å². The molecule has 1 saturated heterocycles. The zero-order chi connectivity index (χ0) is 10.2. The lowest BCUT2D eigenvalue weighted by atomic mass is 9.64. The van der Waals surface area contributed by atoms with Crippen molar-refractivity contribution in [1.29, 1.82) is 0 Å². The third kappa shape index (κ3) is 1.88. The summed E-state index contributed by atoms with van der Waals surface area (Å²) in [7, 11) is 0. The standard InChI is InChI=1S/C14H22S/c1-2-6-13(7-3-1)8-4-9-14(12-13)10-5-11-15-14/h2,6H,1,3-5,7-12H2. The fourth-order valence-electron chi connectivity index (χ4n) is 4.02. The molecular formula is C14H22S. The van der Waals surface area contributed by atoms with E-state index in [-0.39, 0.29) is 0 Å². The van der Waals surface area contributed by atoms with Crippen molar-refractivity contribution in [3.63, 3.8) is 0 Å². The van der Waals surface area contributed by atoms with Crippen molar-refractivity contribution in [2.45, 2.75) is 62.5 Å². The van der Waals surface area contributed by atoms with E-state index in [0.717, 1.165) is 0 Å². The lowest BCUT2D eigenvalue weighted by Gasteiger charge is -2.46. The quantitative estimate of drug-likeness (QED) is 0.542. The molecule has 3 rings (SSSR count). The number of hydrogen-bond donors (Lipinski definition) is 0. The molecule has 3 aliphatic rings. The van der Waals surface area contributed by atoms with Gasteiger partial charge < -0.3 is 0 Å². The highest BCUT2D eigenvalue weighted by molar-refractivity contribution is 8.00. The van der Waals surface area contributed by atoms with Gasteiger partial charge in [-0.1, -0.05) is 18.6 Å². The van der Waals surface area contributed by atoms with Crippen molar-refractivity contribution in [2.24, 2.45) is 5.41 Å². The first kappa shape index (κ1) is 10.3. The van der Waals surface area contributed by atoms with Crippen LogP contribution in [0.2, 0.25) is 0 Å². The first-order chi connectivity index (χ1) is 7.33. The van der Waals surface area contributed by atoms with Crippen molar-refractivity contribution in [1.82, 2.24) is 0 Å². The Kier molecular flexibility index (Phi) is 2.62. The highest BCUT2D eigenvalue weighted by Crippen LogP contribution is 2.56. The number of hydrogen-bond acceptors (Lipinski definition) is 1. The van der Waals surface area contributed by atoms with Crippen LogP contribution < -0.4 is 0 Å². The lowest BCUT2D eigenvalue weighted by Crippen LogP contribution is -2.37. The van der Waals surface area contributed by atoms with Crippen LogP contribution in [0.25, 0.3) is 0 Å². The summed E-state index contributed by atoms with van der Waals surface area (Å²) in [5, 5.41) is 0. The van der Waals surface area contributed by atoms with E-state index >= 15 is 0 Å². The molecule has 0 aromatic carbocycles. The fourth-order valence-corrected chi connectivity index (χ4v) is 5.71. The van der Waals surface area contributed by atoms with Crippen molar-refractivity contribution < 1.29 is 0 Å². The van der Waals surface area contributed by atoms with Crippen LogP contribution in [-0.2, 0) is 0 Å². The van der Waals surface area contributed by atoms with Gasteiger partial charge in [0.15, 0.2) is 0 Å². The van der Waals surface area contributed by atoms with E-state index in [1.54, 1.807) is 0 Å². The summed E-state index contributed by atoms with van der Waals surface area (Å²) in [5.74, 6) is 1.43. The molecule has 1 aliphatic heterocycles. The van der Waals surface area contributed by atoms with Crippen LogP contribution >= 0.6 is 11.8 Å². The van der Waals surface area contributed by atoms with Crippen LogP contribution in [0.1, 0.15) is 57.8 Å². The molecule has 0 amide bonds. The highest BCUT2D eigenvalue weighted by atomic mass is 32.2. The molecule has 2 fully saturated rings. The molecule has 0 radical (unpaired) electrons. The average Bonchev–Trinajstić information content (AvgIpc) is 2.67. The minimum atomic E-state index is 0.633. The Morgan fingerprint density at radius 1 is 0.933 bits per heavy atom. The largest absolute Gasteiger partial charge is 0.155 e. The van der Waals surface area contributed by atoms with Crippen molar-refractivity contribution in [3.05, 3.63) is 12.2 Å². The summed E-state index contributed by atoms with van der Waals surface area (Å²) in [6, 6.07) is 0. The van der Waals surface area contributed by atoms with Gasteiger partial charge in [0.2, 0.25) is 0 Å². The van der Waals surface area contributed by atoms with E-state index in [9.17, 15) is 0 Å². The van der Waals surface area contributed by atoms with E-state index < -0.39 is 0 Å². The number of allylic oxidation sites excluding steroid dienone is 2. The molecule has 1 heteroatoms. The van der Waals surface area contributed by atoms with E-state index in [4.69, 9.17) is 0 Å².